The highest BCUT2D eigenvalue weighted by molar-refractivity contribution is 7.88. The van der Waals surface area contributed by atoms with E-state index in [0.29, 0.717) is 26.1 Å². The molecule has 1 N–H and O–H groups in total. The second-order valence-electron chi connectivity index (χ2n) is 7.13. The summed E-state index contributed by atoms with van der Waals surface area (Å²) in [5.41, 5.74) is 2.09. The lowest BCUT2D eigenvalue weighted by Crippen LogP contribution is -2.36. The minimum absolute atomic E-state index is 0.149. The van der Waals surface area contributed by atoms with Gasteiger partial charge in [-0.25, -0.2) is 13.1 Å². The first-order chi connectivity index (χ1) is 11.9. The van der Waals surface area contributed by atoms with Crippen LogP contribution in [0.2, 0.25) is 0 Å². The largest absolute Gasteiger partial charge is 0.349 e. The second-order valence-corrected chi connectivity index (χ2v) is 8.97. The van der Waals surface area contributed by atoms with Gasteiger partial charge in [-0.1, -0.05) is 6.08 Å². The average molecular weight is 365 g/mol. The van der Waals surface area contributed by atoms with Gasteiger partial charge in [0.25, 0.3) is 0 Å². The van der Waals surface area contributed by atoms with Crippen LogP contribution in [0.3, 0.4) is 0 Å². The summed E-state index contributed by atoms with van der Waals surface area (Å²) in [5.74, 6) is 0.381. The number of hydrogen-bond donors (Lipinski definition) is 1. The maximum Gasteiger partial charge on any atom is 0.249 e. The maximum atomic E-state index is 13.0. The molecular formula is C18H27N3O3S. The Balaban J connectivity index is 1.72. The van der Waals surface area contributed by atoms with Crippen molar-refractivity contribution in [2.24, 2.45) is 5.92 Å². The molecule has 1 aliphatic heterocycles. The van der Waals surface area contributed by atoms with Crippen molar-refractivity contribution in [3.8, 4) is 0 Å². The standard InChI is InChI=1S/C18H27N3O3S/c1-25(23,24)19-10-9-15-12-20-11-5-8-17(20)14-21(13-15)18(22)16-6-3-2-4-7-16/h5-6,8,11,15,19H,2-4,7,9-10,12-14H2,1H3/t15-/m1/s1. The molecule has 0 aromatic carbocycles. The van der Waals surface area contributed by atoms with Crippen LogP contribution in [-0.4, -0.2) is 43.1 Å². The summed E-state index contributed by atoms with van der Waals surface area (Å²) in [5, 5.41) is 0. The van der Waals surface area contributed by atoms with E-state index >= 15 is 0 Å². The predicted octanol–water partition coefficient (Wildman–Crippen LogP) is 1.89. The van der Waals surface area contributed by atoms with Crippen molar-refractivity contribution in [2.75, 3.05) is 19.3 Å². The summed E-state index contributed by atoms with van der Waals surface area (Å²) >= 11 is 0. The van der Waals surface area contributed by atoms with E-state index in [1.807, 2.05) is 17.2 Å². The van der Waals surface area contributed by atoms with E-state index in [-0.39, 0.29) is 11.8 Å². The van der Waals surface area contributed by atoms with E-state index in [9.17, 15) is 13.2 Å². The van der Waals surface area contributed by atoms with Crippen LogP contribution < -0.4 is 4.72 Å². The molecule has 0 spiro atoms. The number of hydrogen-bond acceptors (Lipinski definition) is 3. The molecule has 1 amide bonds. The van der Waals surface area contributed by atoms with Gasteiger partial charge in [-0.15, -0.1) is 0 Å². The normalized spacial score (nSPS) is 21.4. The van der Waals surface area contributed by atoms with Crippen LogP contribution in [0.1, 0.15) is 37.8 Å². The SMILES string of the molecule is CS(=O)(=O)NCC[C@H]1CN(C(=O)C2=CCCCC2)Cc2cccn2C1. The summed E-state index contributed by atoms with van der Waals surface area (Å²) in [6, 6.07) is 4.07. The minimum atomic E-state index is -3.18. The van der Waals surface area contributed by atoms with Crippen molar-refractivity contribution in [3.05, 3.63) is 35.7 Å². The molecule has 2 aliphatic rings. The van der Waals surface area contributed by atoms with Crippen LogP contribution in [0, 0.1) is 5.92 Å². The zero-order valence-electron chi connectivity index (χ0n) is 14.8. The first kappa shape index (κ1) is 18.2. The summed E-state index contributed by atoms with van der Waals surface area (Å²) < 4.78 is 27.3. The molecule has 1 aromatic heterocycles. The number of allylic oxidation sites excluding steroid dienone is 1. The lowest BCUT2D eigenvalue weighted by Gasteiger charge is -2.26. The predicted molar refractivity (Wildman–Crippen MR) is 97.4 cm³/mol. The zero-order chi connectivity index (χ0) is 17.9. The molecular weight excluding hydrogens is 338 g/mol. The monoisotopic (exact) mass is 365 g/mol. The second kappa shape index (κ2) is 7.74. The van der Waals surface area contributed by atoms with Gasteiger partial charge in [0.1, 0.15) is 0 Å². The Morgan fingerprint density at radius 3 is 2.88 bits per heavy atom. The van der Waals surface area contributed by atoms with Gasteiger partial charge in [-0.2, -0.15) is 0 Å². The first-order valence-corrected chi connectivity index (χ1v) is 10.9. The fourth-order valence-electron chi connectivity index (χ4n) is 3.70. The van der Waals surface area contributed by atoms with E-state index in [1.54, 1.807) is 0 Å². The number of amides is 1. The van der Waals surface area contributed by atoms with Gasteiger partial charge in [0.2, 0.25) is 15.9 Å². The molecule has 3 rings (SSSR count). The molecule has 0 radical (unpaired) electrons. The number of carbonyl (C=O) groups excluding carboxylic acids is 1. The number of nitrogens with zero attached hydrogens (tertiary/aromatic N) is 2. The fourth-order valence-corrected chi connectivity index (χ4v) is 4.19. The maximum absolute atomic E-state index is 13.0. The van der Waals surface area contributed by atoms with E-state index < -0.39 is 10.0 Å². The molecule has 25 heavy (non-hydrogen) atoms. The first-order valence-electron chi connectivity index (χ1n) is 8.99. The van der Waals surface area contributed by atoms with Crippen LogP contribution in [0.5, 0.6) is 0 Å². The van der Waals surface area contributed by atoms with Crippen LogP contribution in [0.4, 0.5) is 0 Å². The molecule has 138 valence electrons. The van der Waals surface area contributed by atoms with Crippen molar-refractivity contribution >= 4 is 15.9 Å². The van der Waals surface area contributed by atoms with E-state index in [1.165, 1.54) is 12.7 Å². The highest BCUT2D eigenvalue weighted by Crippen LogP contribution is 2.24. The molecule has 1 aliphatic carbocycles. The van der Waals surface area contributed by atoms with Gasteiger partial charge in [0.05, 0.1) is 12.8 Å². The molecule has 0 fully saturated rings. The van der Waals surface area contributed by atoms with Crippen molar-refractivity contribution in [1.82, 2.24) is 14.2 Å². The van der Waals surface area contributed by atoms with Crippen LogP contribution in [0.25, 0.3) is 0 Å². The number of fused-ring (bicyclic) bond motifs is 1. The number of nitrogens with one attached hydrogen (secondary N) is 1. The Hall–Kier alpha value is -1.60. The van der Waals surface area contributed by atoms with Crippen LogP contribution in [0.15, 0.2) is 30.0 Å². The van der Waals surface area contributed by atoms with Gasteiger partial charge in [-0.05, 0) is 50.2 Å². The Morgan fingerprint density at radius 1 is 1.32 bits per heavy atom. The highest BCUT2D eigenvalue weighted by Gasteiger charge is 2.27. The Kier molecular flexibility index (Phi) is 5.64. The number of sulfonamides is 1. The summed E-state index contributed by atoms with van der Waals surface area (Å²) in [7, 11) is -3.18. The Morgan fingerprint density at radius 2 is 2.16 bits per heavy atom. The smallest absolute Gasteiger partial charge is 0.249 e. The van der Waals surface area contributed by atoms with Crippen molar-refractivity contribution in [2.45, 2.75) is 45.2 Å². The van der Waals surface area contributed by atoms with Gasteiger partial charge >= 0.3 is 0 Å². The van der Waals surface area contributed by atoms with Gasteiger partial charge in [-0.3, -0.25) is 4.79 Å². The molecule has 1 atom stereocenters. The summed E-state index contributed by atoms with van der Waals surface area (Å²) in [6.07, 6.45) is 10.1. The topological polar surface area (TPSA) is 71.4 Å². The third-order valence-corrected chi connectivity index (χ3v) is 5.71. The lowest BCUT2D eigenvalue weighted by atomic mass is 9.98. The highest BCUT2D eigenvalue weighted by atomic mass is 32.2. The minimum Gasteiger partial charge on any atom is -0.349 e. The van der Waals surface area contributed by atoms with E-state index in [2.05, 4.69) is 21.4 Å². The van der Waals surface area contributed by atoms with Crippen molar-refractivity contribution in [1.29, 1.82) is 0 Å². The zero-order valence-corrected chi connectivity index (χ0v) is 15.6. The van der Waals surface area contributed by atoms with E-state index in [0.717, 1.165) is 37.1 Å². The number of rotatable bonds is 5. The molecule has 0 saturated heterocycles. The molecule has 7 heteroatoms. The number of aromatic nitrogens is 1. The molecule has 0 unspecified atom stereocenters. The van der Waals surface area contributed by atoms with E-state index in [4.69, 9.17) is 0 Å². The molecule has 0 bridgehead atoms. The number of carbonyl (C=O) groups is 1. The third kappa shape index (κ3) is 4.95. The summed E-state index contributed by atoms with van der Waals surface area (Å²) in [4.78, 5) is 14.9. The van der Waals surface area contributed by atoms with Gasteiger partial charge in [0, 0.05) is 37.1 Å². The van der Waals surface area contributed by atoms with Crippen LogP contribution >= 0.6 is 0 Å². The summed E-state index contributed by atoms with van der Waals surface area (Å²) in [6.45, 7) is 2.52. The van der Waals surface area contributed by atoms with Crippen LogP contribution in [-0.2, 0) is 27.9 Å². The average Bonchev–Trinajstić information content (AvgIpc) is 2.92. The third-order valence-electron chi connectivity index (χ3n) is 4.98. The Bertz CT molecular complexity index is 751. The molecule has 1 aromatic rings. The molecule has 0 saturated carbocycles. The molecule has 2 heterocycles. The molecule has 6 nitrogen and oxygen atoms in total. The van der Waals surface area contributed by atoms with Crippen molar-refractivity contribution < 1.29 is 13.2 Å². The fraction of sp³-hybridized carbons (Fsp3) is 0.611. The Labute approximate surface area is 149 Å². The quantitative estimate of drug-likeness (QED) is 0.866. The lowest BCUT2D eigenvalue weighted by molar-refractivity contribution is -0.128. The van der Waals surface area contributed by atoms with Crippen molar-refractivity contribution in [3.63, 3.8) is 0 Å². The van der Waals surface area contributed by atoms with Gasteiger partial charge in [0.15, 0.2) is 0 Å². The van der Waals surface area contributed by atoms with Gasteiger partial charge < -0.3 is 9.47 Å².